The molecule has 220 valence electrons. The monoisotopic (exact) mass is 575 g/mol. The molecule has 0 bridgehead atoms. The van der Waals surface area contributed by atoms with Gasteiger partial charge in [-0.1, -0.05) is 18.2 Å². The van der Waals surface area contributed by atoms with Gasteiger partial charge in [-0.3, -0.25) is 13.9 Å². The number of rotatable bonds is 9. The van der Waals surface area contributed by atoms with Gasteiger partial charge in [0.25, 0.3) is 5.56 Å². The van der Waals surface area contributed by atoms with E-state index < -0.39 is 41.7 Å². The van der Waals surface area contributed by atoms with E-state index in [1.165, 1.54) is 18.2 Å². The van der Waals surface area contributed by atoms with Crippen LogP contribution in [-0.4, -0.2) is 48.7 Å². The van der Waals surface area contributed by atoms with Crippen molar-refractivity contribution in [2.24, 2.45) is 0 Å². The molecule has 4 aromatic rings. The van der Waals surface area contributed by atoms with Crippen molar-refractivity contribution in [2.45, 2.75) is 70.9 Å². The van der Waals surface area contributed by atoms with Gasteiger partial charge < -0.3 is 20.1 Å². The number of ether oxygens (including phenoxy) is 1. The van der Waals surface area contributed by atoms with E-state index in [2.05, 4.69) is 15.3 Å². The average molecular weight is 576 g/mol. The second-order valence-corrected chi connectivity index (χ2v) is 10.8. The quantitative estimate of drug-likeness (QED) is 0.254. The zero-order valence-electron chi connectivity index (χ0n) is 22.9. The van der Waals surface area contributed by atoms with E-state index in [0.717, 1.165) is 10.1 Å². The Balaban J connectivity index is 1.69. The number of alkyl halides is 3. The van der Waals surface area contributed by atoms with Crippen LogP contribution >= 0.6 is 0 Å². The number of aliphatic hydroxyl groups excluding tert-OH is 1. The van der Waals surface area contributed by atoms with Gasteiger partial charge in [0.1, 0.15) is 18.0 Å². The molecule has 1 amide bonds. The van der Waals surface area contributed by atoms with Gasteiger partial charge in [-0.05, 0) is 69.9 Å². The summed E-state index contributed by atoms with van der Waals surface area (Å²) in [5, 5.41) is 12.1. The molecule has 2 aromatic carbocycles. The summed E-state index contributed by atoms with van der Waals surface area (Å²) >= 11 is 0. The Hall–Kier alpha value is -4.13. The first-order chi connectivity index (χ1) is 19.3. The van der Waals surface area contributed by atoms with Crippen LogP contribution in [0.3, 0.4) is 0 Å². The third-order valence-electron chi connectivity index (χ3n) is 6.33. The summed E-state index contributed by atoms with van der Waals surface area (Å²) in [6.45, 7) is 3.38. The maximum absolute atomic E-state index is 13.2. The number of hydrogen-bond donors (Lipinski definition) is 3. The molecule has 1 unspecified atom stereocenters. The number of benzene rings is 2. The van der Waals surface area contributed by atoms with Crippen molar-refractivity contribution in [3.05, 3.63) is 74.7 Å². The second-order valence-electron chi connectivity index (χ2n) is 10.8. The van der Waals surface area contributed by atoms with Gasteiger partial charge in [-0.15, -0.1) is 0 Å². The lowest BCUT2D eigenvalue weighted by atomic mass is 10.0. The molecule has 0 aliphatic heterocycles. The molecule has 10 nitrogen and oxygen atoms in total. The molecule has 3 N–H and O–H groups in total. The maximum atomic E-state index is 13.2. The first-order valence-corrected chi connectivity index (χ1v) is 13.1. The number of carbonyl (C=O) groups excluding carboxylic acids is 1. The fourth-order valence-electron chi connectivity index (χ4n) is 4.60. The summed E-state index contributed by atoms with van der Waals surface area (Å²) in [7, 11) is 0. The molecule has 4 rings (SSSR count). The minimum atomic E-state index is -4.76. The highest BCUT2D eigenvalue weighted by molar-refractivity contribution is 5.78. The van der Waals surface area contributed by atoms with Crippen LogP contribution in [0, 0.1) is 0 Å². The van der Waals surface area contributed by atoms with Gasteiger partial charge in [0.05, 0.1) is 34.5 Å². The molecule has 41 heavy (non-hydrogen) atoms. The number of carbonyl (C=O) groups is 1. The molecule has 0 aliphatic rings. The smallest absolute Gasteiger partial charge is 0.408 e. The highest BCUT2D eigenvalue weighted by atomic mass is 19.4. The van der Waals surface area contributed by atoms with E-state index in [0.29, 0.717) is 36.1 Å². The van der Waals surface area contributed by atoms with Crippen molar-refractivity contribution in [2.75, 3.05) is 6.61 Å². The van der Waals surface area contributed by atoms with Gasteiger partial charge >= 0.3 is 18.0 Å². The summed E-state index contributed by atoms with van der Waals surface area (Å²) in [5.74, 6) is 0.290. The first kappa shape index (κ1) is 29.8. The molecule has 0 saturated carbocycles. The van der Waals surface area contributed by atoms with Crippen molar-refractivity contribution < 1.29 is 27.8 Å². The number of hydrogen-bond acceptors (Lipinski definition) is 6. The van der Waals surface area contributed by atoms with Gasteiger partial charge in [0, 0.05) is 6.61 Å². The normalized spacial score (nSPS) is 13.0. The van der Waals surface area contributed by atoms with Crippen molar-refractivity contribution in [3.8, 4) is 0 Å². The molecule has 0 fully saturated rings. The summed E-state index contributed by atoms with van der Waals surface area (Å²) in [4.78, 5) is 45.9. The lowest BCUT2D eigenvalue weighted by Gasteiger charge is -2.24. The number of aromatic nitrogens is 4. The molecule has 2 heterocycles. The molecule has 13 heteroatoms. The standard InChI is InChI=1S/C28H32F3N5O5/c1-27(2,3)41-25(39)34-19(9-6-7-13-37)17-11-12-20-21(14-17)33-23(32-20)15-35-22-10-5-4-8-18(22)24(38)36(26(35)40)16-28(29,30)31/h4-5,8,10-12,14,19,37H,6-7,9,13,15-16H2,1-3H3,(H,32,33)(H,34,39). The summed E-state index contributed by atoms with van der Waals surface area (Å²) in [6, 6.07) is 10.9. The zero-order valence-corrected chi connectivity index (χ0v) is 22.9. The van der Waals surface area contributed by atoms with Crippen molar-refractivity contribution in [1.82, 2.24) is 24.4 Å². The Bertz CT molecular complexity index is 1670. The van der Waals surface area contributed by atoms with E-state index in [4.69, 9.17) is 4.74 Å². The van der Waals surface area contributed by atoms with Gasteiger partial charge in [0.15, 0.2) is 0 Å². The summed E-state index contributed by atoms with van der Waals surface area (Å²) in [5.41, 5.74) is -0.749. The van der Waals surface area contributed by atoms with Crippen LogP contribution in [0.2, 0.25) is 0 Å². The Morgan fingerprint density at radius 3 is 2.51 bits per heavy atom. The van der Waals surface area contributed by atoms with E-state index in [1.54, 1.807) is 45.0 Å². The highest BCUT2D eigenvalue weighted by Gasteiger charge is 2.31. The molecule has 0 saturated heterocycles. The lowest BCUT2D eigenvalue weighted by Crippen LogP contribution is -2.43. The Morgan fingerprint density at radius 1 is 1.10 bits per heavy atom. The van der Waals surface area contributed by atoms with Crippen LogP contribution in [0.15, 0.2) is 52.1 Å². The minimum Gasteiger partial charge on any atom is -0.444 e. The number of fused-ring (bicyclic) bond motifs is 2. The molecule has 0 aliphatic carbocycles. The zero-order chi connectivity index (χ0) is 29.9. The number of H-pyrrole nitrogens is 1. The van der Waals surface area contributed by atoms with Crippen LogP contribution in [0.25, 0.3) is 21.9 Å². The number of unbranched alkanes of at least 4 members (excludes halogenated alkanes) is 1. The third kappa shape index (κ3) is 7.34. The second kappa shape index (κ2) is 11.8. The Kier molecular flexibility index (Phi) is 8.57. The van der Waals surface area contributed by atoms with Gasteiger partial charge in [0.2, 0.25) is 0 Å². The predicted molar refractivity (Wildman–Crippen MR) is 147 cm³/mol. The number of alkyl carbamates (subject to hydrolysis) is 1. The number of aromatic amines is 1. The highest BCUT2D eigenvalue weighted by Crippen LogP contribution is 2.25. The number of nitrogens with one attached hydrogen (secondary N) is 2. The molecule has 2 aromatic heterocycles. The van der Waals surface area contributed by atoms with Crippen molar-refractivity contribution in [3.63, 3.8) is 0 Å². The molecule has 1 atom stereocenters. The number of imidazole rings is 1. The predicted octanol–water partition coefficient (Wildman–Crippen LogP) is 4.38. The summed E-state index contributed by atoms with van der Waals surface area (Å²) in [6.07, 6.45) is -3.61. The maximum Gasteiger partial charge on any atom is 0.408 e. The fourth-order valence-corrected chi connectivity index (χ4v) is 4.60. The van der Waals surface area contributed by atoms with E-state index in [1.807, 2.05) is 0 Å². The molecular formula is C28H32F3N5O5. The van der Waals surface area contributed by atoms with Crippen LogP contribution in [0.5, 0.6) is 0 Å². The van der Waals surface area contributed by atoms with Crippen LogP contribution < -0.4 is 16.6 Å². The molecule has 0 spiro atoms. The van der Waals surface area contributed by atoms with Crippen LogP contribution in [0.1, 0.15) is 57.5 Å². The Morgan fingerprint density at radius 2 is 1.83 bits per heavy atom. The van der Waals surface area contributed by atoms with Gasteiger partial charge in [-0.25, -0.2) is 14.6 Å². The SMILES string of the molecule is CC(C)(C)OC(=O)NC(CCCCO)c1ccc2nc(Cn3c(=O)n(CC(F)(F)F)c(=O)c4ccccc43)[nH]c2c1. The van der Waals surface area contributed by atoms with Crippen LogP contribution in [0.4, 0.5) is 18.0 Å². The Labute approximate surface area is 232 Å². The van der Waals surface area contributed by atoms with Crippen LogP contribution in [-0.2, 0) is 17.8 Å². The first-order valence-electron chi connectivity index (χ1n) is 13.1. The fraction of sp³-hybridized carbons (Fsp3) is 0.429. The van der Waals surface area contributed by atoms with Gasteiger partial charge in [-0.2, -0.15) is 13.2 Å². The number of nitrogens with zero attached hydrogens (tertiary/aromatic N) is 3. The van der Waals surface area contributed by atoms with Crippen molar-refractivity contribution in [1.29, 1.82) is 0 Å². The number of halogens is 3. The molecule has 0 radical (unpaired) electrons. The van der Waals surface area contributed by atoms with E-state index in [-0.39, 0.29) is 28.6 Å². The lowest BCUT2D eigenvalue weighted by molar-refractivity contribution is -0.141. The average Bonchev–Trinajstić information content (AvgIpc) is 3.29. The van der Waals surface area contributed by atoms with E-state index >= 15 is 0 Å². The van der Waals surface area contributed by atoms with Crippen molar-refractivity contribution >= 4 is 28.0 Å². The number of aliphatic hydroxyl groups is 1. The topological polar surface area (TPSA) is 131 Å². The number of amides is 1. The summed E-state index contributed by atoms with van der Waals surface area (Å²) < 4.78 is 46.2. The van der Waals surface area contributed by atoms with E-state index in [9.17, 15) is 32.7 Å². The molecular weight excluding hydrogens is 543 g/mol. The third-order valence-corrected chi connectivity index (χ3v) is 6.33. The number of para-hydroxylation sites is 1. The largest absolute Gasteiger partial charge is 0.444 e. The minimum absolute atomic E-state index is 0.0197.